The Balaban J connectivity index is 2.18. The molecule has 3 rings (SSSR count). The number of aromatic nitrogens is 1. The van der Waals surface area contributed by atoms with Crippen molar-refractivity contribution in [1.29, 1.82) is 5.26 Å². The smallest absolute Gasteiger partial charge is 0.204 e. The summed E-state index contributed by atoms with van der Waals surface area (Å²) in [6.45, 7) is 3.99. The summed E-state index contributed by atoms with van der Waals surface area (Å²) in [6.07, 6.45) is 2.09. The van der Waals surface area contributed by atoms with Crippen LogP contribution >= 0.6 is 0 Å². The van der Waals surface area contributed by atoms with Crippen LogP contribution in [0.15, 0.2) is 36.5 Å². The summed E-state index contributed by atoms with van der Waals surface area (Å²) >= 11 is 0. The summed E-state index contributed by atoms with van der Waals surface area (Å²) < 4.78 is 12.1. The SMILES string of the molecule is COc1cc[n+]([O-])c(C2CC(C)(C)Oc3ccc(C#N)cc32)c1. The van der Waals surface area contributed by atoms with Gasteiger partial charge in [-0.3, -0.25) is 0 Å². The van der Waals surface area contributed by atoms with Crippen LogP contribution in [0, 0.1) is 16.5 Å². The van der Waals surface area contributed by atoms with Gasteiger partial charge in [-0.05, 0) is 32.0 Å². The van der Waals surface area contributed by atoms with Crippen molar-refractivity contribution in [3.63, 3.8) is 0 Å². The van der Waals surface area contributed by atoms with Crippen molar-refractivity contribution in [2.75, 3.05) is 7.11 Å². The standard InChI is InChI=1S/C18H18N2O3/c1-18(2)10-15(16-9-13(22-3)6-7-20(16)21)14-8-12(11-19)4-5-17(14)23-18/h4-9,15H,10H2,1-3H3. The third-order valence-electron chi connectivity index (χ3n) is 4.11. The predicted molar refractivity (Wildman–Crippen MR) is 84.3 cm³/mol. The first-order valence-corrected chi connectivity index (χ1v) is 7.44. The fourth-order valence-electron chi connectivity index (χ4n) is 3.05. The van der Waals surface area contributed by atoms with Crippen LogP contribution in [0.5, 0.6) is 11.5 Å². The molecule has 5 nitrogen and oxygen atoms in total. The third-order valence-corrected chi connectivity index (χ3v) is 4.11. The van der Waals surface area contributed by atoms with Crippen molar-refractivity contribution in [3.05, 3.63) is 58.6 Å². The molecule has 0 bridgehead atoms. The minimum absolute atomic E-state index is 0.158. The second-order valence-corrected chi connectivity index (χ2v) is 6.30. The quantitative estimate of drug-likeness (QED) is 0.632. The second-order valence-electron chi connectivity index (χ2n) is 6.30. The maximum Gasteiger partial charge on any atom is 0.204 e. The highest BCUT2D eigenvalue weighted by molar-refractivity contribution is 5.48. The lowest BCUT2D eigenvalue weighted by molar-refractivity contribution is -0.615. The van der Waals surface area contributed by atoms with Gasteiger partial charge in [0.05, 0.1) is 24.7 Å². The number of nitriles is 1. The molecule has 1 aliphatic heterocycles. The van der Waals surface area contributed by atoms with Crippen molar-refractivity contribution in [2.24, 2.45) is 0 Å². The van der Waals surface area contributed by atoms with Gasteiger partial charge in [0.2, 0.25) is 5.69 Å². The van der Waals surface area contributed by atoms with Gasteiger partial charge in [-0.1, -0.05) is 0 Å². The van der Waals surface area contributed by atoms with Crippen LogP contribution in [-0.4, -0.2) is 12.7 Å². The minimum atomic E-state index is -0.401. The molecule has 0 aliphatic carbocycles. The molecule has 2 aromatic rings. The first-order valence-electron chi connectivity index (χ1n) is 7.44. The molecule has 1 aromatic carbocycles. The number of hydrogen-bond donors (Lipinski definition) is 0. The highest BCUT2D eigenvalue weighted by Gasteiger charge is 2.38. The Morgan fingerprint density at radius 2 is 2.13 bits per heavy atom. The van der Waals surface area contributed by atoms with E-state index in [2.05, 4.69) is 6.07 Å². The van der Waals surface area contributed by atoms with E-state index in [9.17, 15) is 5.21 Å². The van der Waals surface area contributed by atoms with Gasteiger partial charge in [0.15, 0.2) is 6.20 Å². The molecule has 5 heteroatoms. The summed E-state index contributed by atoms with van der Waals surface area (Å²) in [6, 6.07) is 10.9. The van der Waals surface area contributed by atoms with Crippen LogP contribution in [0.25, 0.3) is 0 Å². The van der Waals surface area contributed by atoms with E-state index in [1.165, 1.54) is 6.20 Å². The Bertz CT molecular complexity index is 793. The summed E-state index contributed by atoms with van der Waals surface area (Å²) in [4.78, 5) is 0. The molecule has 1 aromatic heterocycles. The van der Waals surface area contributed by atoms with Gasteiger partial charge >= 0.3 is 0 Å². The first-order chi connectivity index (χ1) is 10.9. The number of ether oxygens (including phenoxy) is 2. The lowest BCUT2D eigenvalue weighted by Crippen LogP contribution is -2.40. The fourth-order valence-corrected chi connectivity index (χ4v) is 3.05. The Kier molecular flexibility index (Phi) is 3.61. The van der Waals surface area contributed by atoms with Crippen LogP contribution in [0.3, 0.4) is 0 Å². The molecule has 1 unspecified atom stereocenters. The number of hydrogen-bond acceptors (Lipinski definition) is 4. The monoisotopic (exact) mass is 310 g/mol. The van der Waals surface area contributed by atoms with Crippen molar-refractivity contribution in [3.8, 4) is 17.6 Å². The average molecular weight is 310 g/mol. The molecule has 0 N–H and O–H groups in total. The van der Waals surface area contributed by atoms with Gasteiger partial charge in [-0.15, -0.1) is 0 Å². The zero-order valence-electron chi connectivity index (χ0n) is 13.4. The van der Waals surface area contributed by atoms with Crippen molar-refractivity contribution < 1.29 is 14.2 Å². The van der Waals surface area contributed by atoms with Gasteiger partial charge in [-0.25, -0.2) is 0 Å². The highest BCUT2D eigenvalue weighted by Crippen LogP contribution is 2.44. The summed E-state index contributed by atoms with van der Waals surface area (Å²) in [5, 5.41) is 21.5. The van der Waals surface area contributed by atoms with Crippen LogP contribution in [-0.2, 0) is 0 Å². The van der Waals surface area contributed by atoms with E-state index in [-0.39, 0.29) is 5.92 Å². The maximum absolute atomic E-state index is 12.3. The molecule has 2 heterocycles. The van der Waals surface area contributed by atoms with E-state index in [4.69, 9.17) is 14.7 Å². The fraction of sp³-hybridized carbons (Fsp3) is 0.333. The zero-order valence-corrected chi connectivity index (χ0v) is 13.4. The van der Waals surface area contributed by atoms with Crippen molar-refractivity contribution in [2.45, 2.75) is 31.8 Å². The molecule has 0 saturated heterocycles. The van der Waals surface area contributed by atoms with Gasteiger partial charge in [0, 0.05) is 24.1 Å². The molecule has 0 radical (unpaired) electrons. The van der Waals surface area contributed by atoms with E-state index < -0.39 is 5.60 Å². The van der Waals surface area contributed by atoms with Gasteiger partial charge < -0.3 is 14.7 Å². The van der Waals surface area contributed by atoms with E-state index in [0.29, 0.717) is 29.2 Å². The van der Waals surface area contributed by atoms with Gasteiger partial charge in [-0.2, -0.15) is 9.99 Å². The van der Waals surface area contributed by atoms with E-state index in [1.807, 2.05) is 13.8 Å². The molecule has 0 amide bonds. The molecule has 23 heavy (non-hydrogen) atoms. The van der Waals surface area contributed by atoms with Crippen LogP contribution in [0.1, 0.15) is 43.0 Å². The van der Waals surface area contributed by atoms with Crippen molar-refractivity contribution in [1.82, 2.24) is 0 Å². The summed E-state index contributed by atoms with van der Waals surface area (Å²) in [5.74, 6) is 1.19. The summed E-state index contributed by atoms with van der Waals surface area (Å²) in [5.41, 5.74) is 1.61. The number of benzene rings is 1. The van der Waals surface area contributed by atoms with E-state index >= 15 is 0 Å². The molecule has 118 valence electrons. The van der Waals surface area contributed by atoms with Gasteiger partial charge in [0.25, 0.3) is 0 Å². The number of nitrogens with zero attached hydrogens (tertiary/aromatic N) is 2. The minimum Gasteiger partial charge on any atom is -0.618 e. The van der Waals surface area contributed by atoms with E-state index in [0.717, 1.165) is 10.3 Å². The first kappa shape index (κ1) is 15.2. The van der Waals surface area contributed by atoms with Crippen LogP contribution in [0.4, 0.5) is 0 Å². The molecule has 1 atom stereocenters. The largest absolute Gasteiger partial charge is 0.618 e. The normalized spacial score (nSPS) is 18.4. The lowest BCUT2D eigenvalue weighted by atomic mass is 9.81. The Morgan fingerprint density at radius 1 is 1.35 bits per heavy atom. The molecule has 1 aliphatic rings. The third kappa shape index (κ3) is 2.80. The summed E-state index contributed by atoms with van der Waals surface area (Å²) in [7, 11) is 1.57. The highest BCUT2D eigenvalue weighted by atomic mass is 16.5. The maximum atomic E-state index is 12.3. The topological polar surface area (TPSA) is 69.2 Å². The molecule has 0 saturated carbocycles. The van der Waals surface area contributed by atoms with E-state index in [1.54, 1.807) is 37.4 Å². The Labute approximate surface area is 135 Å². The molecule has 0 fully saturated rings. The average Bonchev–Trinajstić information content (AvgIpc) is 2.53. The van der Waals surface area contributed by atoms with Crippen LogP contribution < -0.4 is 14.2 Å². The number of pyridine rings is 1. The number of fused-ring (bicyclic) bond motifs is 1. The molecular weight excluding hydrogens is 292 g/mol. The zero-order chi connectivity index (χ0) is 16.6. The molecule has 0 spiro atoms. The second kappa shape index (κ2) is 5.47. The van der Waals surface area contributed by atoms with Crippen molar-refractivity contribution >= 4 is 0 Å². The van der Waals surface area contributed by atoms with Gasteiger partial charge in [0.1, 0.15) is 17.1 Å². The number of methoxy groups -OCH3 is 1. The Hall–Kier alpha value is -2.74. The van der Waals surface area contributed by atoms with Crippen LogP contribution in [0.2, 0.25) is 0 Å². The predicted octanol–water partition coefficient (Wildman–Crippen LogP) is 2.89. The Morgan fingerprint density at radius 3 is 2.83 bits per heavy atom. The number of rotatable bonds is 2. The molecular formula is C18H18N2O3. The lowest BCUT2D eigenvalue weighted by Gasteiger charge is -2.36.